The molecule has 0 N–H and O–H groups in total. The minimum absolute atomic E-state index is 0.104. The van der Waals surface area contributed by atoms with Gasteiger partial charge in [0.2, 0.25) is 0 Å². The molecule has 0 aromatic heterocycles. The molecule has 0 aliphatic heterocycles. The molecule has 0 bridgehead atoms. The highest BCUT2D eigenvalue weighted by molar-refractivity contribution is 6.20. The minimum Gasteiger partial charge on any atom is -0.466 e. The second kappa shape index (κ2) is 7.38. The molecule has 1 atom stereocenters. The van der Waals surface area contributed by atoms with Gasteiger partial charge in [-0.05, 0) is 31.0 Å². The number of benzene rings is 1. The number of ether oxygens (including phenoxy) is 2. The van der Waals surface area contributed by atoms with E-state index in [9.17, 15) is 18.0 Å². The maximum absolute atomic E-state index is 12.1. The fourth-order valence-corrected chi connectivity index (χ4v) is 1.80. The Morgan fingerprint density at radius 1 is 1.40 bits per heavy atom. The quantitative estimate of drug-likeness (QED) is 0.583. The van der Waals surface area contributed by atoms with Crippen molar-refractivity contribution in [2.75, 3.05) is 6.61 Å². The molecular weight excluding hydrogens is 297 g/mol. The van der Waals surface area contributed by atoms with E-state index in [4.69, 9.17) is 16.3 Å². The Kier molecular flexibility index (Phi) is 6.13. The third-order valence-corrected chi connectivity index (χ3v) is 2.83. The Bertz CT molecular complexity index is 449. The lowest BCUT2D eigenvalue weighted by molar-refractivity contribution is -0.274. The van der Waals surface area contributed by atoms with Crippen molar-refractivity contribution < 1.29 is 27.4 Å². The van der Waals surface area contributed by atoms with Crippen molar-refractivity contribution in [1.29, 1.82) is 0 Å². The molecule has 0 radical (unpaired) electrons. The molecule has 3 nitrogen and oxygen atoms in total. The van der Waals surface area contributed by atoms with Crippen molar-refractivity contribution in [2.45, 2.75) is 31.5 Å². The first-order valence-electron chi connectivity index (χ1n) is 5.97. The molecule has 0 fully saturated rings. The lowest BCUT2D eigenvalue weighted by Gasteiger charge is -2.13. The summed E-state index contributed by atoms with van der Waals surface area (Å²) in [7, 11) is 0. The molecule has 0 spiro atoms. The maximum Gasteiger partial charge on any atom is 0.573 e. The van der Waals surface area contributed by atoms with Crippen LogP contribution in [0, 0.1) is 0 Å². The minimum atomic E-state index is -4.74. The van der Waals surface area contributed by atoms with Gasteiger partial charge in [-0.3, -0.25) is 4.79 Å². The first-order chi connectivity index (χ1) is 9.31. The molecule has 112 valence electrons. The van der Waals surface area contributed by atoms with Gasteiger partial charge < -0.3 is 9.47 Å². The smallest absolute Gasteiger partial charge is 0.466 e. The molecule has 1 aromatic carbocycles. The largest absolute Gasteiger partial charge is 0.573 e. The Hall–Kier alpha value is -1.43. The number of alkyl halides is 4. The van der Waals surface area contributed by atoms with Gasteiger partial charge in [-0.2, -0.15) is 0 Å². The van der Waals surface area contributed by atoms with E-state index in [0.29, 0.717) is 5.56 Å². The summed E-state index contributed by atoms with van der Waals surface area (Å²) in [6, 6.07) is 5.38. The topological polar surface area (TPSA) is 35.5 Å². The Labute approximate surface area is 119 Å². The second-order valence-corrected chi connectivity index (χ2v) is 4.46. The van der Waals surface area contributed by atoms with E-state index >= 15 is 0 Å². The van der Waals surface area contributed by atoms with E-state index in [1.54, 1.807) is 13.0 Å². The lowest BCUT2D eigenvalue weighted by Crippen LogP contribution is -2.17. The Morgan fingerprint density at radius 2 is 2.10 bits per heavy atom. The first-order valence-corrected chi connectivity index (χ1v) is 6.41. The van der Waals surface area contributed by atoms with E-state index in [-0.39, 0.29) is 31.2 Å². The van der Waals surface area contributed by atoms with Crippen molar-refractivity contribution in [3.8, 4) is 5.75 Å². The average Bonchev–Trinajstić information content (AvgIpc) is 2.34. The van der Waals surface area contributed by atoms with Gasteiger partial charge in [0.15, 0.2) is 0 Å². The molecule has 1 unspecified atom stereocenters. The van der Waals surface area contributed by atoms with Crippen molar-refractivity contribution >= 4 is 17.6 Å². The average molecular weight is 311 g/mol. The zero-order valence-corrected chi connectivity index (χ0v) is 11.5. The van der Waals surface area contributed by atoms with Crippen LogP contribution in [0.4, 0.5) is 13.2 Å². The number of carbonyl (C=O) groups excluding carboxylic acids is 1. The molecule has 1 aromatic rings. The zero-order chi connectivity index (χ0) is 15.2. The van der Waals surface area contributed by atoms with Crippen LogP contribution in [-0.4, -0.2) is 18.9 Å². The van der Waals surface area contributed by atoms with Gasteiger partial charge in [-0.1, -0.05) is 12.1 Å². The molecule has 0 saturated heterocycles. The molecule has 0 saturated carbocycles. The van der Waals surface area contributed by atoms with Crippen molar-refractivity contribution in [3.05, 3.63) is 29.8 Å². The van der Waals surface area contributed by atoms with Crippen LogP contribution < -0.4 is 4.74 Å². The number of hydrogen-bond donors (Lipinski definition) is 0. The van der Waals surface area contributed by atoms with Crippen LogP contribution in [0.5, 0.6) is 5.75 Å². The highest BCUT2D eigenvalue weighted by Crippen LogP contribution is 2.30. The van der Waals surface area contributed by atoms with Crippen LogP contribution >= 0.6 is 11.6 Å². The van der Waals surface area contributed by atoms with Gasteiger partial charge in [0, 0.05) is 6.42 Å². The van der Waals surface area contributed by atoms with Crippen LogP contribution in [-0.2, 0) is 9.53 Å². The molecule has 0 heterocycles. The molecule has 1 rings (SSSR count). The number of esters is 1. The highest BCUT2D eigenvalue weighted by atomic mass is 35.5. The van der Waals surface area contributed by atoms with Crippen LogP contribution in [0.15, 0.2) is 24.3 Å². The summed E-state index contributed by atoms with van der Waals surface area (Å²) >= 11 is 6.05. The first kappa shape index (κ1) is 16.6. The summed E-state index contributed by atoms with van der Waals surface area (Å²) in [6.07, 6.45) is -4.37. The predicted octanol–water partition coefficient (Wildman–Crippen LogP) is 4.21. The molecule has 0 aliphatic rings. The molecular formula is C13H14ClF3O3. The van der Waals surface area contributed by atoms with Crippen molar-refractivity contribution in [1.82, 2.24) is 0 Å². The van der Waals surface area contributed by atoms with E-state index in [0.717, 1.165) is 0 Å². The third kappa shape index (κ3) is 6.14. The summed E-state index contributed by atoms with van der Waals surface area (Å²) in [5.41, 5.74) is 0.456. The number of rotatable bonds is 6. The number of halogens is 4. The standard InChI is InChI=1S/C13H14ClF3O3/c1-2-19-12(18)7-6-11(14)9-4-3-5-10(8-9)20-13(15,16)17/h3-5,8,11H,2,6-7H2,1H3. The zero-order valence-electron chi connectivity index (χ0n) is 10.7. The number of carbonyl (C=O) groups is 1. The summed E-state index contributed by atoms with van der Waals surface area (Å²) in [6.45, 7) is 1.97. The van der Waals surface area contributed by atoms with Gasteiger partial charge in [0.25, 0.3) is 0 Å². The lowest BCUT2D eigenvalue weighted by atomic mass is 10.1. The molecule has 0 amide bonds. The second-order valence-electron chi connectivity index (χ2n) is 3.93. The fraction of sp³-hybridized carbons (Fsp3) is 0.462. The SMILES string of the molecule is CCOC(=O)CCC(Cl)c1cccc(OC(F)(F)F)c1. The molecule has 7 heteroatoms. The van der Waals surface area contributed by atoms with E-state index in [2.05, 4.69) is 4.74 Å². The predicted molar refractivity (Wildman–Crippen MR) is 67.6 cm³/mol. The van der Waals surface area contributed by atoms with Crippen LogP contribution in [0.2, 0.25) is 0 Å². The Balaban J connectivity index is 2.62. The van der Waals surface area contributed by atoms with Gasteiger partial charge in [0.1, 0.15) is 5.75 Å². The maximum atomic E-state index is 12.1. The Morgan fingerprint density at radius 3 is 2.70 bits per heavy atom. The van der Waals surface area contributed by atoms with E-state index in [1.807, 2.05) is 0 Å². The number of hydrogen-bond acceptors (Lipinski definition) is 3. The summed E-state index contributed by atoms with van der Waals surface area (Å²) in [4.78, 5) is 11.2. The van der Waals surface area contributed by atoms with E-state index in [1.165, 1.54) is 18.2 Å². The fourth-order valence-electron chi connectivity index (χ4n) is 1.55. The van der Waals surface area contributed by atoms with Crippen molar-refractivity contribution in [2.24, 2.45) is 0 Å². The van der Waals surface area contributed by atoms with Gasteiger partial charge in [-0.25, -0.2) is 0 Å². The van der Waals surface area contributed by atoms with Crippen LogP contribution in [0.1, 0.15) is 30.7 Å². The third-order valence-electron chi connectivity index (χ3n) is 2.36. The van der Waals surface area contributed by atoms with Crippen molar-refractivity contribution in [3.63, 3.8) is 0 Å². The monoisotopic (exact) mass is 310 g/mol. The van der Waals surface area contributed by atoms with Gasteiger partial charge in [-0.15, -0.1) is 24.8 Å². The molecule has 0 aliphatic carbocycles. The summed E-state index contributed by atoms with van der Waals surface area (Å²) in [5.74, 6) is -0.724. The van der Waals surface area contributed by atoms with Crippen LogP contribution in [0.25, 0.3) is 0 Å². The summed E-state index contributed by atoms with van der Waals surface area (Å²) < 4.78 is 44.8. The van der Waals surface area contributed by atoms with Gasteiger partial charge in [0.05, 0.1) is 12.0 Å². The van der Waals surface area contributed by atoms with E-state index < -0.39 is 11.7 Å². The van der Waals surface area contributed by atoms with Gasteiger partial charge >= 0.3 is 12.3 Å². The highest BCUT2D eigenvalue weighted by Gasteiger charge is 2.31. The van der Waals surface area contributed by atoms with Crippen LogP contribution in [0.3, 0.4) is 0 Å². The molecule has 20 heavy (non-hydrogen) atoms. The summed E-state index contributed by atoms with van der Waals surface area (Å²) in [5, 5.41) is -0.587. The normalized spacial score (nSPS) is 12.8.